The molecule has 1 fully saturated rings. The molecule has 27 heavy (non-hydrogen) atoms. The lowest BCUT2D eigenvalue weighted by Gasteiger charge is -2.28. The van der Waals surface area contributed by atoms with Gasteiger partial charge in [-0.25, -0.2) is 4.79 Å². The Morgan fingerprint density at radius 3 is 2.56 bits per heavy atom. The quantitative estimate of drug-likeness (QED) is 0.718. The number of aliphatic hydroxyl groups is 2. The third-order valence-electron chi connectivity index (χ3n) is 4.13. The molecular formula is C19H25N3O4S. The number of anilines is 2. The average Bonchev–Trinajstić information content (AvgIpc) is 2.90. The van der Waals surface area contributed by atoms with E-state index in [9.17, 15) is 15.0 Å². The Morgan fingerprint density at radius 1 is 1.26 bits per heavy atom. The Morgan fingerprint density at radius 2 is 1.96 bits per heavy atom. The molecule has 0 radical (unpaired) electrons. The van der Waals surface area contributed by atoms with Crippen LogP contribution in [-0.2, 0) is 4.74 Å². The van der Waals surface area contributed by atoms with E-state index in [0.717, 1.165) is 5.69 Å². The van der Waals surface area contributed by atoms with Gasteiger partial charge in [-0.15, -0.1) is 11.8 Å². The van der Waals surface area contributed by atoms with Gasteiger partial charge in [0, 0.05) is 16.6 Å². The summed E-state index contributed by atoms with van der Waals surface area (Å²) in [4.78, 5) is 16.7. The summed E-state index contributed by atoms with van der Waals surface area (Å²) in [6.07, 6.45) is -0.706. The molecule has 2 heterocycles. The first-order chi connectivity index (χ1) is 12.8. The van der Waals surface area contributed by atoms with Crippen LogP contribution < -0.4 is 11.0 Å². The van der Waals surface area contributed by atoms with E-state index in [1.807, 2.05) is 51.1 Å². The van der Waals surface area contributed by atoms with Crippen molar-refractivity contribution in [2.45, 2.75) is 49.2 Å². The van der Waals surface area contributed by atoms with Gasteiger partial charge >= 0.3 is 5.69 Å². The Kier molecular flexibility index (Phi) is 5.90. The van der Waals surface area contributed by atoms with Crippen molar-refractivity contribution >= 4 is 23.3 Å². The van der Waals surface area contributed by atoms with E-state index in [-0.39, 0.29) is 11.4 Å². The van der Waals surface area contributed by atoms with Gasteiger partial charge in [0.2, 0.25) is 0 Å². The smallest absolute Gasteiger partial charge is 0.351 e. The van der Waals surface area contributed by atoms with E-state index in [4.69, 9.17) is 4.74 Å². The molecule has 8 heteroatoms. The fraction of sp³-hybridized carbons (Fsp3) is 0.474. The fourth-order valence-corrected chi connectivity index (χ4v) is 4.42. The number of benzene rings is 1. The fourth-order valence-electron chi connectivity index (χ4n) is 2.97. The van der Waals surface area contributed by atoms with Crippen LogP contribution >= 0.6 is 11.8 Å². The predicted octanol–water partition coefficient (Wildman–Crippen LogP) is 2.14. The summed E-state index contributed by atoms with van der Waals surface area (Å²) in [6.45, 7) is 5.78. The molecule has 1 aromatic heterocycles. The number of nitrogens with zero attached hydrogens (tertiary/aromatic N) is 2. The summed E-state index contributed by atoms with van der Waals surface area (Å²) in [5.41, 5.74) is 0.349. The normalized spacial score (nSPS) is 25.5. The van der Waals surface area contributed by atoms with Crippen molar-refractivity contribution < 1.29 is 14.9 Å². The van der Waals surface area contributed by atoms with Crippen LogP contribution in [0.3, 0.4) is 0 Å². The third kappa shape index (κ3) is 4.70. The molecule has 0 unspecified atom stereocenters. The number of rotatable bonds is 5. The van der Waals surface area contributed by atoms with Crippen LogP contribution in [-0.4, -0.2) is 48.6 Å². The van der Waals surface area contributed by atoms with Crippen molar-refractivity contribution in [2.75, 3.05) is 11.9 Å². The van der Waals surface area contributed by atoms with Crippen molar-refractivity contribution in [2.24, 2.45) is 0 Å². The molecule has 1 saturated heterocycles. The predicted molar refractivity (Wildman–Crippen MR) is 106 cm³/mol. The number of para-hydroxylation sites is 1. The number of hydrogen-bond acceptors (Lipinski definition) is 7. The van der Waals surface area contributed by atoms with Gasteiger partial charge in [-0.2, -0.15) is 4.98 Å². The van der Waals surface area contributed by atoms with Crippen molar-refractivity contribution in [1.29, 1.82) is 0 Å². The molecule has 0 amide bonds. The molecule has 0 bridgehead atoms. The summed E-state index contributed by atoms with van der Waals surface area (Å²) < 4.78 is 7.01. The zero-order valence-corrected chi connectivity index (χ0v) is 16.4. The monoisotopic (exact) mass is 391 g/mol. The van der Waals surface area contributed by atoms with Crippen LogP contribution in [0, 0.1) is 0 Å². The number of thioether (sulfide) groups is 1. The molecule has 0 saturated carbocycles. The number of nitrogens with one attached hydrogen (secondary N) is 1. The van der Waals surface area contributed by atoms with E-state index < -0.39 is 29.4 Å². The van der Waals surface area contributed by atoms with E-state index >= 15 is 0 Å². The topological polar surface area (TPSA) is 96.6 Å². The van der Waals surface area contributed by atoms with Crippen LogP contribution in [0.15, 0.2) is 47.4 Å². The van der Waals surface area contributed by atoms with Crippen LogP contribution in [0.2, 0.25) is 0 Å². The van der Waals surface area contributed by atoms with Crippen molar-refractivity contribution in [3.63, 3.8) is 0 Å². The third-order valence-corrected chi connectivity index (χ3v) is 5.62. The highest BCUT2D eigenvalue weighted by molar-refractivity contribution is 8.01. The molecule has 4 atom stereocenters. The highest BCUT2D eigenvalue weighted by Gasteiger charge is 2.46. The molecule has 2 aromatic rings. The summed E-state index contributed by atoms with van der Waals surface area (Å²) in [7, 11) is 0. The standard InChI is InChI=1S/C19H25N3O4S/c1-19(2,3)27-16-15(24)13(11-23)26-17(16)22-10-9-14(21-18(22)25)20-12-7-5-4-6-8-12/h4-10,13,15-17,23-24H,11H2,1-3H3,(H,20,21,25)/t13-,15-,16+,17-/m0/s1. The van der Waals surface area contributed by atoms with Gasteiger partial charge in [0.25, 0.3) is 0 Å². The molecule has 0 spiro atoms. The maximum absolute atomic E-state index is 12.6. The van der Waals surface area contributed by atoms with Gasteiger partial charge in [-0.05, 0) is 18.2 Å². The SMILES string of the molecule is CC(C)(C)S[C@@H]1[C@@H](O)[C@H](CO)O[C@@H]1n1ccc(Nc2ccccc2)nc1=O. The maximum Gasteiger partial charge on any atom is 0.351 e. The van der Waals surface area contributed by atoms with E-state index in [1.165, 1.54) is 16.3 Å². The highest BCUT2D eigenvalue weighted by Crippen LogP contribution is 2.42. The number of aliphatic hydroxyl groups excluding tert-OH is 2. The second-order valence-corrected chi connectivity index (χ2v) is 9.43. The van der Waals surface area contributed by atoms with Crippen LogP contribution in [0.4, 0.5) is 11.5 Å². The lowest BCUT2D eigenvalue weighted by atomic mass is 10.2. The lowest BCUT2D eigenvalue weighted by molar-refractivity contribution is -0.0456. The number of aromatic nitrogens is 2. The largest absolute Gasteiger partial charge is 0.394 e. The lowest BCUT2D eigenvalue weighted by Crippen LogP contribution is -2.36. The summed E-state index contributed by atoms with van der Waals surface area (Å²) >= 11 is 1.52. The van der Waals surface area contributed by atoms with Gasteiger partial charge in [-0.1, -0.05) is 39.0 Å². The molecule has 7 nitrogen and oxygen atoms in total. The molecule has 0 aliphatic carbocycles. The minimum Gasteiger partial charge on any atom is -0.394 e. The molecule has 1 aromatic carbocycles. The first kappa shape index (κ1) is 19.9. The molecule has 1 aliphatic rings. The van der Waals surface area contributed by atoms with E-state index in [0.29, 0.717) is 5.82 Å². The number of hydrogen-bond donors (Lipinski definition) is 3. The summed E-state index contributed by atoms with van der Waals surface area (Å²) in [6, 6.07) is 11.1. The zero-order chi connectivity index (χ0) is 19.6. The Labute approximate surface area is 162 Å². The van der Waals surface area contributed by atoms with Gasteiger partial charge in [0.1, 0.15) is 11.9 Å². The minimum absolute atomic E-state index is 0.149. The first-order valence-corrected chi connectivity index (χ1v) is 9.70. The van der Waals surface area contributed by atoms with Crippen LogP contribution in [0.1, 0.15) is 27.0 Å². The van der Waals surface area contributed by atoms with E-state index in [1.54, 1.807) is 12.3 Å². The average molecular weight is 391 g/mol. The van der Waals surface area contributed by atoms with Gasteiger partial charge in [0.15, 0.2) is 6.23 Å². The second-order valence-electron chi connectivity index (χ2n) is 7.43. The number of ether oxygens (including phenoxy) is 1. The molecule has 3 N–H and O–H groups in total. The van der Waals surface area contributed by atoms with Crippen molar-refractivity contribution in [3.8, 4) is 0 Å². The second kappa shape index (κ2) is 8.02. The Balaban J connectivity index is 1.86. The van der Waals surface area contributed by atoms with Crippen LogP contribution in [0.25, 0.3) is 0 Å². The Bertz CT molecular complexity index is 822. The minimum atomic E-state index is -0.877. The van der Waals surface area contributed by atoms with Crippen LogP contribution in [0.5, 0.6) is 0 Å². The Hall–Kier alpha value is -1.87. The maximum atomic E-state index is 12.6. The van der Waals surface area contributed by atoms with Crippen molar-refractivity contribution in [3.05, 3.63) is 53.1 Å². The van der Waals surface area contributed by atoms with Crippen molar-refractivity contribution in [1.82, 2.24) is 9.55 Å². The summed E-state index contributed by atoms with van der Waals surface area (Å²) in [5.74, 6) is 0.430. The summed E-state index contributed by atoms with van der Waals surface area (Å²) in [5, 5.41) is 22.7. The highest BCUT2D eigenvalue weighted by atomic mass is 32.2. The molecule has 3 rings (SSSR count). The van der Waals surface area contributed by atoms with Gasteiger partial charge in [0.05, 0.1) is 18.0 Å². The van der Waals surface area contributed by atoms with E-state index in [2.05, 4.69) is 10.3 Å². The zero-order valence-electron chi connectivity index (χ0n) is 15.6. The molecule has 146 valence electrons. The van der Waals surface area contributed by atoms with Gasteiger partial charge in [-0.3, -0.25) is 4.57 Å². The molecular weight excluding hydrogens is 366 g/mol. The molecule has 1 aliphatic heterocycles. The first-order valence-electron chi connectivity index (χ1n) is 8.82. The van der Waals surface area contributed by atoms with Gasteiger partial charge < -0.3 is 20.3 Å².